The molecular formula is C14H23N3O2. The largest absolute Gasteiger partial charge is 0.481 e. The van der Waals surface area contributed by atoms with Crippen LogP contribution in [0.3, 0.4) is 0 Å². The number of rotatable bonds is 5. The topological polar surface area (TPSA) is 63.2 Å². The van der Waals surface area contributed by atoms with E-state index in [1.54, 1.807) is 13.3 Å². The maximum absolute atomic E-state index is 11.9. The highest BCUT2D eigenvalue weighted by Crippen LogP contribution is 2.13. The van der Waals surface area contributed by atoms with Crippen molar-refractivity contribution in [2.75, 3.05) is 7.11 Å². The molecule has 0 saturated heterocycles. The summed E-state index contributed by atoms with van der Waals surface area (Å²) in [7, 11) is 1.58. The molecule has 1 aromatic heterocycles. The molecule has 1 rings (SSSR count). The molecule has 0 radical (unpaired) electrons. The van der Waals surface area contributed by atoms with E-state index in [9.17, 15) is 4.79 Å². The molecule has 1 unspecified atom stereocenters. The summed E-state index contributed by atoms with van der Waals surface area (Å²) in [6, 6.07) is 3.50. The summed E-state index contributed by atoms with van der Waals surface area (Å²) < 4.78 is 5.17. The molecule has 1 amide bonds. The van der Waals surface area contributed by atoms with Crippen LogP contribution in [0.15, 0.2) is 18.3 Å². The first-order chi connectivity index (χ1) is 8.83. The first-order valence-corrected chi connectivity index (χ1v) is 6.37. The van der Waals surface area contributed by atoms with Crippen molar-refractivity contribution in [2.24, 2.45) is 0 Å². The van der Waals surface area contributed by atoms with E-state index < -0.39 is 0 Å². The van der Waals surface area contributed by atoms with Gasteiger partial charge in [-0.05, 0) is 33.8 Å². The minimum absolute atomic E-state index is 0.0182. The molecule has 0 fully saturated rings. The van der Waals surface area contributed by atoms with Gasteiger partial charge in [-0.25, -0.2) is 4.98 Å². The maximum Gasteiger partial charge on any atom is 0.237 e. The van der Waals surface area contributed by atoms with Gasteiger partial charge in [0, 0.05) is 23.8 Å². The zero-order chi connectivity index (χ0) is 14.5. The van der Waals surface area contributed by atoms with Crippen LogP contribution < -0.4 is 15.4 Å². The molecule has 1 heterocycles. The quantitative estimate of drug-likeness (QED) is 0.846. The number of hydrogen-bond donors (Lipinski definition) is 2. The fraction of sp³-hybridized carbons (Fsp3) is 0.571. The van der Waals surface area contributed by atoms with E-state index in [4.69, 9.17) is 4.74 Å². The summed E-state index contributed by atoms with van der Waals surface area (Å²) in [5.74, 6) is 0.564. The van der Waals surface area contributed by atoms with Gasteiger partial charge >= 0.3 is 0 Å². The number of amides is 1. The lowest BCUT2D eigenvalue weighted by Crippen LogP contribution is -2.49. The summed E-state index contributed by atoms with van der Waals surface area (Å²) in [5.41, 5.74) is 0.708. The summed E-state index contributed by atoms with van der Waals surface area (Å²) in [6.45, 7) is 8.25. The Labute approximate surface area is 114 Å². The van der Waals surface area contributed by atoms with Gasteiger partial charge in [0.2, 0.25) is 11.8 Å². The smallest absolute Gasteiger partial charge is 0.237 e. The Morgan fingerprint density at radius 1 is 1.47 bits per heavy atom. The number of carbonyl (C=O) groups excluding carboxylic acids is 1. The third-order valence-corrected chi connectivity index (χ3v) is 2.53. The number of aromatic nitrogens is 1. The van der Waals surface area contributed by atoms with Gasteiger partial charge in [0.25, 0.3) is 0 Å². The third-order valence-electron chi connectivity index (χ3n) is 2.53. The lowest BCUT2D eigenvalue weighted by atomic mass is 10.1. The lowest BCUT2D eigenvalue weighted by molar-refractivity contribution is -0.124. The molecule has 0 aliphatic carbocycles. The Morgan fingerprint density at radius 3 is 2.74 bits per heavy atom. The van der Waals surface area contributed by atoms with E-state index in [1.165, 1.54) is 0 Å². The van der Waals surface area contributed by atoms with Gasteiger partial charge in [0.1, 0.15) is 0 Å². The zero-order valence-electron chi connectivity index (χ0n) is 12.3. The van der Waals surface area contributed by atoms with Gasteiger partial charge in [0.15, 0.2) is 0 Å². The van der Waals surface area contributed by atoms with Crippen LogP contribution in [-0.4, -0.2) is 29.6 Å². The van der Waals surface area contributed by atoms with Crippen molar-refractivity contribution in [2.45, 2.75) is 45.8 Å². The number of carbonyl (C=O) groups is 1. The van der Waals surface area contributed by atoms with Gasteiger partial charge in [-0.15, -0.1) is 0 Å². The molecule has 0 aliphatic heterocycles. The van der Waals surface area contributed by atoms with Crippen LogP contribution >= 0.6 is 0 Å². The Balaban J connectivity index is 2.54. The number of pyridine rings is 1. The summed E-state index contributed by atoms with van der Waals surface area (Å²) in [5, 5.41) is 6.10. The molecule has 2 N–H and O–H groups in total. The Morgan fingerprint density at radius 2 is 2.16 bits per heavy atom. The molecule has 0 spiro atoms. The highest BCUT2D eigenvalue weighted by Gasteiger charge is 2.19. The number of methoxy groups -OCH3 is 1. The van der Waals surface area contributed by atoms with Crippen molar-refractivity contribution in [1.82, 2.24) is 15.6 Å². The van der Waals surface area contributed by atoms with Crippen molar-refractivity contribution >= 4 is 5.91 Å². The van der Waals surface area contributed by atoms with Crippen molar-refractivity contribution in [3.05, 3.63) is 23.9 Å². The van der Waals surface area contributed by atoms with E-state index in [1.807, 2.05) is 39.8 Å². The molecule has 0 aliphatic rings. The third kappa shape index (κ3) is 5.26. The standard InChI is InChI=1S/C14H23N3O2/c1-10(12(18)17-14(2,3)4)16-9-11-7-6-8-15-13(11)19-5/h6-8,10,16H,9H2,1-5H3,(H,17,18). The monoisotopic (exact) mass is 265 g/mol. The minimum atomic E-state index is -0.274. The second-order valence-corrected chi connectivity index (χ2v) is 5.51. The fourth-order valence-corrected chi connectivity index (χ4v) is 1.58. The Kier molecular flexibility index (Phi) is 5.30. The number of ether oxygens (including phenoxy) is 1. The maximum atomic E-state index is 11.9. The minimum Gasteiger partial charge on any atom is -0.481 e. The molecule has 1 atom stereocenters. The summed E-state index contributed by atoms with van der Waals surface area (Å²) >= 11 is 0. The molecule has 1 aromatic rings. The van der Waals surface area contributed by atoms with E-state index >= 15 is 0 Å². The molecule has 19 heavy (non-hydrogen) atoms. The second-order valence-electron chi connectivity index (χ2n) is 5.51. The molecular weight excluding hydrogens is 242 g/mol. The van der Waals surface area contributed by atoms with Gasteiger partial charge in [0.05, 0.1) is 13.2 Å². The van der Waals surface area contributed by atoms with Crippen molar-refractivity contribution in [3.8, 4) is 5.88 Å². The van der Waals surface area contributed by atoms with Crippen molar-refractivity contribution < 1.29 is 9.53 Å². The first kappa shape index (κ1) is 15.4. The number of nitrogens with zero attached hydrogens (tertiary/aromatic N) is 1. The van der Waals surface area contributed by atoms with Gasteiger partial charge < -0.3 is 15.4 Å². The molecule has 106 valence electrons. The average molecular weight is 265 g/mol. The fourth-order valence-electron chi connectivity index (χ4n) is 1.58. The number of nitrogens with one attached hydrogen (secondary N) is 2. The van der Waals surface area contributed by atoms with Crippen LogP contribution in [-0.2, 0) is 11.3 Å². The highest BCUT2D eigenvalue weighted by molar-refractivity contribution is 5.81. The molecule has 5 heteroatoms. The molecule has 0 saturated carbocycles. The van der Waals surface area contributed by atoms with Crippen LogP contribution in [0.2, 0.25) is 0 Å². The van der Waals surface area contributed by atoms with Crippen LogP contribution in [0.25, 0.3) is 0 Å². The van der Waals surface area contributed by atoms with Crippen LogP contribution in [0, 0.1) is 0 Å². The van der Waals surface area contributed by atoms with Gasteiger partial charge in [-0.1, -0.05) is 6.07 Å². The zero-order valence-corrected chi connectivity index (χ0v) is 12.3. The lowest BCUT2D eigenvalue weighted by Gasteiger charge is -2.23. The van der Waals surface area contributed by atoms with E-state index in [0.717, 1.165) is 5.56 Å². The van der Waals surface area contributed by atoms with Crippen molar-refractivity contribution in [3.63, 3.8) is 0 Å². The SMILES string of the molecule is COc1ncccc1CNC(C)C(=O)NC(C)(C)C. The van der Waals surface area contributed by atoms with E-state index in [2.05, 4.69) is 15.6 Å². The van der Waals surface area contributed by atoms with Crippen molar-refractivity contribution in [1.29, 1.82) is 0 Å². The average Bonchev–Trinajstić information content (AvgIpc) is 2.34. The Bertz CT molecular complexity index is 427. The van der Waals surface area contributed by atoms with Crippen LogP contribution in [0.1, 0.15) is 33.3 Å². The molecule has 5 nitrogen and oxygen atoms in total. The predicted molar refractivity (Wildman–Crippen MR) is 75.0 cm³/mol. The van der Waals surface area contributed by atoms with E-state index in [0.29, 0.717) is 12.4 Å². The van der Waals surface area contributed by atoms with E-state index in [-0.39, 0.29) is 17.5 Å². The summed E-state index contributed by atoms with van der Waals surface area (Å²) in [6.07, 6.45) is 1.68. The highest BCUT2D eigenvalue weighted by atomic mass is 16.5. The first-order valence-electron chi connectivity index (χ1n) is 6.37. The van der Waals surface area contributed by atoms with Crippen LogP contribution in [0.5, 0.6) is 5.88 Å². The number of hydrogen-bond acceptors (Lipinski definition) is 4. The predicted octanol–water partition coefficient (Wildman–Crippen LogP) is 1.48. The molecule has 0 bridgehead atoms. The van der Waals surface area contributed by atoms with Crippen LogP contribution in [0.4, 0.5) is 0 Å². The normalized spacial score (nSPS) is 12.9. The second kappa shape index (κ2) is 6.52. The Hall–Kier alpha value is -1.62. The van der Waals surface area contributed by atoms with Gasteiger partial charge in [-0.3, -0.25) is 4.79 Å². The molecule has 0 aromatic carbocycles. The van der Waals surface area contributed by atoms with Gasteiger partial charge in [-0.2, -0.15) is 0 Å². The summed E-state index contributed by atoms with van der Waals surface area (Å²) in [4.78, 5) is 16.0.